The molecule has 1 atom stereocenters. The largest absolute Gasteiger partial charge is 0.496 e. The van der Waals surface area contributed by atoms with Crippen LogP contribution in [0.25, 0.3) is 0 Å². The van der Waals surface area contributed by atoms with E-state index < -0.39 is 18.8 Å². The van der Waals surface area contributed by atoms with Crippen LogP contribution >= 0.6 is 0 Å². The SMILES string of the molecule is COc1ccc(OCC(F)(F)F)cc1C(C)NC(=O)NC1CC2(CCC2)C1. The second-order valence-corrected chi connectivity index (χ2v) is 7.61. The number of urea groups is 1. The van der Waals surface area contributed by atoms with Crippen LogP contribution in [0, 0.1) is 5.41 Å². The van der Waals surface area contributed by atoms with Gasteiger partial charge < -0.3 is 20.1 Å². The molecule has 2 saturated carbocycles. The predicted molar refractivity (Wildman–Crippen MR) is 93.9 cm³/mol. The molecule has 0 saturated heterocycles. The highest BCUT2D eigenvalue weighted by Gasteiger charge is 2.48. The molecule has 2 aliphatic carbocycles. The molecule has 2 N–H and O–H groups in total. The van der Waals surface area contributed by atoms with Gasteiger partial charge in [0.2, 0.25) is 0 Å². The van der Waals surface area contributed by atoms with Crippen molar-refractivity contribution in [3.63, 3.8) is 0 Å². The Kier molecular flexibility index (Phi) is 5.44. The highest BCUT2D eigenvalue weighted by Crippen LogP contribution is 2.55. The van der Waals surface area contributed by atoms with Crippen molar-refractivity contribution < 1.29 is 27.4 Å². The van der Waals surface area contributed by atoms with Crippen molar-refractivity contribution in [2.75, 3.05) is 13.7 Å². The van der Waals surface area contributed by atoms with E-state index in [0.29, 0.717) is 16.7 Å². The number of hydrogen-bond acceptors (Lipinski definition) is 3. The van der Waals surface area contributed by atoms with Gasteiger partial charge in [0.1, 0.15) is 11.5 Å². The molecule has 2 amide bonds. The van der Waals surface area contributed by atoms with Crippen molar-refractivity contribution in [2.45, 2.75) is 57.3 Å². The monoisotopic (exact) mass is 386 g/mol. The zero-order valence-electron chi connectivity index (χ0n) is 15.5. The minimum Gasteiger partial charge on any atom is -0.496 e. The first-order valence-corrected chi connectivity index (χ1v) is 9.14. The van der Waals surface area contributed by atoms with Gasteiger partial charge in [-0.15, -0.1) is 0 Å². The van der Waals surface area contributed by atoms with Gasteiger partial charge in [-0.2, -0.15) is 13.2 Å². The van der Waals surface area contributed by atoms with Gasteiger partial charge in [-0.3, -0.25) is 0 Å². The number of ether oxygens (including phenoxy) is 2. The Labute approximate surface area is 156 Å². The highest BCUT2D eigenvalue weighted by molar-refractivity contribution is 5.75. The summed E-state index contributed by atoms with van der Waals surface area (Å²) in [6.07, 6.45) is 1.43. The molecule has 1 unspecified atom stereocenters. The van der Waals surface area contributed by atoms with E-state index in [2.05, 4.69) is 10.6 Å². The van der Waals surface area contributed by atoms with Gasteiger partial charge in [-0.1, -0.05) is 6.42 Å². The van der Waals surface area contributed by atoms with Crippen LogP contribution in [0.5, 0.6) is 11.5 Å². The van der Waals surface area contributed by atoms with Crippen LogP contribution in [0.2, 0.25) is 0 Å². The van der Waals surface area contributed by atoms with E-state index in [1.165, 1.54) is 44.6 Å². The molecule has 0 bridgehead atoms. The third kappa shape index (κ3) is 4.78. The first-order chi connectivity index (χ1) is 12.7. The molecule has 1 aromatic carbocycles. The van der Waals surface area contributed by atoms with Crippen LogP contribution in [0.3, 0.4) is 0 Å². The second kappa shape index (κ2) is 7.48. The summed E-state index contributed by atoms with van der Waals surface area (Å²) in [5.41, 5.74) is 1.02. The Bertz CT molecular complexity index is 681. The average molecular weight is 386 g/mol. The van der Waals surface area contributed by atoms with Crippen molar-refractivity contribution in [2.24, 2.45) is 5.41 Å². The number of carbonyl (C=O) groups is 1. The third-order valence-corrected chi connectivity index (χ3v) is 5.53. The number of benzene rings is 1. The summed E-state index contributed by atoms with van der Waals surface area (Å²) in [7, 11) is 1.47. The van der Waals surface area contributed by atoms with Crippen LogP contribution in [0.4, 0.5) is 18.0 Å². The zero-order valence-corrected chi connectivity index (χ0v) is 15.5. The van der Waals surface area contributed by atoms with Crippen LogP contribution in [-0.4, -0.2) is 32.0 Å². The highest BCUT2D eigenvalue weighted by atomic mass is 19.4. The lowest BCUT2D eigenvalue weighted by atomic mass is 9.54. The zero-order chi connectivity index (χ0) is 19.7. The van der Waals surface area contributed by atoms with Gasteiger partial charge in [0.05, 0.1) is 13.2 Å². The molecule has 1 spiro atoms. The summed E-state index contributed by atoms with van der Waals surface area (Å²) < 4.78 is 47.1. The number of nitrogens with one attached hydrogen (secondary N) is 2. The standard InChI is InChI=1S/C19H25F3N2O3/c1-12(23-17(25)24-13-9-18(10-13)6-3-7-18)15-8-14(4-5-16(15)26-2)27-11-19(20,21)22/h4-5,8,12-13H,3,6-7,9-11H2,1-2H3,(H2,23,24,25). The smallest absolute Gasteiger partial charge is 0.422 e. The van der Waals surface area contributed by atoms with Crippen LogP contribution < -0.4 is 20.1 Å². The fourth-order valence-corrected chi connectivity index (χ4v) is 3.98. The molecule has 8 heteroatoms. The summed E-state index contributed by atoms with van der Waals surface area (Å²) in [6, 6.07) is 3.86. The van der Waals surface area contributed by atoms with Gasteiger partial charge in [0, 0.05) is 11.6 Å². The van der Waals surface area contributed by atoms with Crippen molar-refractivity contribution >= 4 is 6.03 Å². The summed E-state index contributed by atoms with van der Waals surface area (Å²) in [4.78, 5) is 12.2. The van der Waals surface area contributed by atoms with E-state index in [9.17, 15) is 18.0 Å². The van der Waals surface area contributed by atoms with Crippen LogP contribution in [-0.2, 0) is 0 Å². The Morgan fingerprint density at radius 1 is 1.33 bits per heavy atom. The average Bonchev–Trinajstić information content (AvgIpc) is 2.53. The van der Waals surface area contributed by atoms with E-state index in [1.54, 1.807) is 6.92 Å². The lowest BCUT2D eigenvalue weighted by Gasteiger charge is -2.54. The van der Waals surface area contributed by atoms with Gasteiger partial charge in [0.25, 0.3) is 0 Å². The molecule has 5 nitrogen and oxygen atoms in total. The molecule has 1 aromatic rings. The first kappa shape index (κ1) is 19.6. The summed E-state index contributed by atoms with van der Waals surface area (Å²) in [6.45, 7) is 0.379. The van der Waals surface area contributed by atoms with Crippen molar-refractivity contribution in [1.82, 2.24) is 10.6 Å². The Morgan fingerprint density at radius 3 is 2.59 bits per heavy atom. The number of halogens is 3. The van der Waals surface area contributed by atoms with Crippen LogP contribution in [0.15, 0.2) is 18.2 Å². The molecule has 0 heterocycles. The van der Waals surface area contributed by atoms with E-state index in [-0.39, 0.29) is 17.8 Å². The normalized spacial score (nSPS) is 19.6. The summed E-state index contributed by atoms with van der Waals surface area (Å²) in [5, 5.41) is 5.79. The molecule has 0 aliphatic heterocycles. The van der Waals surface area contributed by atoms with E-state index in [0.717, 1.165) is 12.8 Å². The fraction of sp³-hybridized carbons (Fsp3) is 0.632. The van der Waals surface area contributed by atoms with E-state index in [4.69, 9.17) is 9.47 Å². The number of rotatable bonds is 6. The molecule has 2 aliphatic rings. The van der Waals surface area contributed by atoms with Crippen LogP contribution in [0.1, 0.15) is 50.6 Å². The molecule has 0 radical (unpaired) electrons. The molecule has 150 valence electrons. The molecule has 2 fully saturated rings. The molecular weight excluding hydrogens is 361 g/mol. The molecule has 27 heavy (non-hydrogen) atoms. The topological polar surface area (TPSA) is 59.6 Å². The number of alkyl halides is 3. The second-order valence-electron chi connectivity index (χ2n) is 7.61. The van der Waals surface area contributed by atoms with Gasteiger partial charge in [-0.25, -0.2) is 4.79 Å². The summed E-state index contributed by atoms with van der Waals surface area (Å²) >= 11 is 0. The first-order valence-electron chi connectivity index (χ1n) is 9.14. The van der Waals surface area contributed by atoms with Gasteiger partial charge in [0.15, 0.2) is 6.61 Å². The third-order valence-electron chi connectivity index (χ3n) is 5.53. The van der Waals surface area contributed by atoms with Crippen molar-refractivity contribution in [3.8, 4) is 11.5 Å². The van der Waals surface area contributed by atoms with E-state index in [1.807, 2.05) is 0 Å². The molecular formula is C19H25F3N2O3. The van der Waals surface area contributed by atoms with Crippen molar-refractivity contribution in [3.05, 3.63) is 23.8 Å². The maximum Gasteiger partial charge on any atom is 0.422 e. The number of carbonyl (C=O) groups excluding carboxylic acids is 1. The number of methoxy groups -OCH3 is 1. The maximum absolute atomic E-state index is 12.3. The Balaban J connectivity index is 1.57. The maximum atomic E-state index is 12.3. The fourth-order valence-electron chi connectivity index (χ4n) is 3.98. The lowest BCUT2D eigenvalue weighted by molar-refractivity contribution is -0.153. The van der Waals surface area contributed by atoms with Gasteiger partial charge in [-0.05, 0) is 56.2 Å². The minimum absolute atomic E-state index is 0.0723. The van der Waals surface area contributed by atoms with Crippen molar-refractivity contribution in [1.29, 1.82) is 0 Å². The summed E-state index contributed by atoms with van der Waals surface area (Å²) in [5.74, 6) is 0.544. The minimum atomic E-state index is -4.41. The number of hydrogen-bond donors (Lipinski definition) is 2. The quantitative estimate of drug-likeness (QED) is 0.765. The predicted octanol–water partition coefficient (Wildman–Crippen LogP) is 4.33. The van der Waals surface area contributed by atoms with E-state index >= 15 is 0 Å². The Morgan fingerprint density at radius 2 is 2.04 bits per heavy atom. The number of amides is 2. The lowest BCUT2D eigenvalue weighted by Crippen LogP contribution is -2.55. The van der Waals surface area contributed by atoms with Gasteiger partial charge >= 0.3 is 12.2 Å². The molecule has 0 aromatic heterocycles. The molecule has 3 rings (SSSR count). The Hall–Kier alpha value is -2.12.